The molecule has 0 fully saturated rings. The van der Waals surface area contributed by atoms with E-state index in [9.17, 15) is 14.7 Å². The second-order valence-corrected chi connectivity index (χ2v) is 6.26. The molecule has 0 heterocycles. The molecule has 0 radical (unpaired) electrons. The van der Waals surface area contributed by atoms with Crippen LogP contribution in [0.1, 0.15) is 18.9 Å². The molecule has 2 N–H and O–H groups in total. The fourth-order valence-electron chi connectivity index (χ4n) is 2.67. The molecule has 2 aromatic carbocycles. The fraction of sp³-hybridized carbons (Fsp3) is 0.333. The van der Waals surface area contributed by atoms with Crippen molar-refractivity contribution in [3.63, 3.8) is 0 Å². The van der Waals surface area contributed by atoms with Crippen molar-refractivity contribution in [3.05, 3.63) is 60.7 Å². The number of aliphatic carboxylic acids is 1. The van der Waals surface area contributed by atoms with Crippen LogP contribution in [0.3, 0.4) is 0 Å². The first kappa shape index (κ1) is 19.7. The lowest BCUT2D eigenvalue weighted by Gasteiger charge is -2.17. The third kappa shape index (κ3) is 5.70. The molecule has 0 saturated carbocycles. The van der Waals surface area contributed by atoms with Gasteiger partial charge in [-0.05, 0) is 36.1 Å². The third-order valence-corrected chi connectivity index (χ3v) is 4.23. The molecule has 0 saturated heterocycles. The quantitative estimate of drug-likeness (QED) is 0.507. The van der Waals surface area contributed by atoms with Crippen molar-refractivity contribution < 1.29 is 19.4 Å². The Balaban J connectivity index is 1.94. The van der Waals surface area contributed by atoms with Crippen molar-refractivity contribution in [3.8, 4) is 0 Å². The molecule has 2 atom stereocenters. The molecule has 5 nitrogen and oxygen atoms in total. The van der Waals surface area contributed by atoms with Gasteiger partial charge in [0.25, 0.3) is 0 Å². The summed E-state index contributed by atoms with van der Waals surface area (Å²) in [6, 6.07) is 13.8. The van der Waals surface area contributed by atoms with Crippen LogP contribution < -0.4 is 5.32 Å². The lowest BCUT2D eigenvalue weighted by atomic mass is 9.97. The van der Waals surface area contributed by atoms with E-state index >= 15 is 0 Å². The van der Waals surface area contributed by atoms with E-state index in [0.29, 0.717) is 19.4 Å². The summed E-state index contributed by atoms with van der Waals surface area (Å²) >= 11 is 0. The number of hydrogen-bond donors (Lipinski definition) is 2. The van der Waals surface area contributed by atoms with Crippen molar-refractivity contribution in [2.24, 2.45) is 5.92 Å². The predicted octanol–water partition coefficient (Wildman–Crippen LogP) is 3.18. The zero-order valence-corrected chi connectivity index (χ0v) is 15.0. The molecule has 26 heavy (non-hydrogen) atoms. The van der Waals surface area contributed by atoms with Crippen LogP contribution in [0.15, 0.2) is 55.1 Å². The van der Waals surface area contributed by atoms with Crippen LogP contribution in [0.2, 0.25) is 0 Å². The van der Waals surface area contributed by atoms with Crippen LogP contribution in [0.25, 0.3) is 10.8 Å². The number of carbonyl (C=O) groups excluding carboxylic acids is 1. The molecular weight excluding hydrogens is 330 g/mol. The minimum atomic E-state index is -0.932. The number of benzene rings is 2. The molecule has 0 aliphatic rings. The summed E-state index contributed by atoms with van der Waals surface area (Å²) in [4.78, 5) is 23.6. The van der Waals surface area contributed by atoms with Crippen LogP contribution in [0.5, 0.6) is 0 Å². The van der Waals surface area contributed by atoms with Gasteiger partial charge in [-0.25, -0.2) is 0 Å². The highest BCUT2D eigenvalue weighted by molar-refractivity contribution is 5.83. The van der Waals surface area contributed by atoms with E-state index in [0.717, 1.165) is 16.3 Å². The summed E-state index contributed by atoms with van der Waals surface area (Å²) in [5.74, 6) is -1.93. The second kappa shape index (κ2) is 9.73. The molecule has 138 valence electrons. The van der Waals surface area contributed by atoms with Gasteiger partial charge in [-0.15, -0.1) is 6.58 Å². The van der Waals surface area contributed by atoms with Gasteiger partial charge in [-0.1, -0.05) is 48.5 Å². The highest BCUT2D eigenvalue weighted by Crippen LogP contribution is 2.18. The van der Waals surface area contributed by atoms with Gasteiger partial charge < -0.3 is 15.2 Å². The number of fused-ring (bicyclic) bond motifs is 1. The zero-order valence-electron chi connectivity index (χ0n) is 15.0. The number of hydrogen-bond acceptors (Lipinski definition) is 3. The maximum Gasteiger partial charge on any atom is 0.308 e. The normalized spacial score (nSPS) is 13.1. The molecule has 0 bridgehead atoms. The smallest absolute Gasteiger partial charge is 0.308 e. The number of rotatable bonds is 10. The topological polar surface area (TPSA) is 75.6 Å². The Morgan fingerprint density at radius 1 is 1.23 bits per heavy atom. The molecular formula is C21H25NO4. The summed E-state index contributed by atoms with van der Waals surface area (Å²) in [6.45, 7) is 5.72. The molecule has 0 aliphatic heterocycles. The number of nitrogens with one attached hydrogen (secondary N) is 1. The highest BCUT2D eigenvalue weighted by atomic mass is 16.5. The van der Waals surface area contributed by atoms with E-state index < -0.39 is 18.0 Å². The van der Waals surface area contributed by atoms with Crippen molar-refractivity contribution in [2.45, 2.75) is 25.9 Å². The van der Waals surface area contributed by atoms with Crippen molar-refractivity contribution in [2.75, 3.05) is 13.2 Å². The van der Waals surface area contributed by atoms with Gasteiger partial charge in [0.15, 0.2) is 0 Å². The third-order valence-electron chi connectivity index (χ3n) is 4.23. The predicted molar refractivity (Wildman–Crippen MR) is 102 cm³/mol. The van der Waals surface area contributed by atoms with E-state index in [1.807, 2.05) is 42.5 Å². The van der Waals surface area contributed by atoms with Gasteiger partial charge in [0.05, 0.1) is 12.5 Å². The Morgan fingerprint density at radius 2 is 1.96 bits per heavy atom. The highest BCUT2D eigenvalue weighted by Gasteiger charge is 2.21. The van der Waals surface area contributed by atoms with E-state index in [4.69, 9.17) is 4.74 Å². The lowest BCUT2D eigenvalue weighted by Crippen LogP contribution is -2.39. The first-order chi connectivity index (χ1) is 12.5. The monoisotopic (exact) mass is 355 g/mol. The van der Waals surface area contributed by atoms with Gasteiger partial charge in [-0.3, -0.25) is 9.59 Å². The van der Waals surface area contributed by atoms with Crippen molar-refractivity contribution in [1.29, 1.82) is 0 Å². The van der Waals surface area contributed by atoms with Gasteiger partial charge in [0.1, 0.15) is 6.10 Å². The largest absolute Gasteiger partial charge is 0.481 e. The van der Waals surface area contributed by atoms with Crippen LogP contribution in [-0.4, -0.2) is 36.2 Å². The fourth-order valence-corrected chi connectivity index (χ4v) is 2.67. The van der Waals surface area contributed by atoms with E-state index in [1.54, 1.807) is 13.0 Å². The Hall–Kier alpha value is -2.66. The van der Waals surface area contributed by atoms with Crippen LogP contribution in [0, 0.1) is 5.92 Å². The van der Waals surface area contributed by atoms with Gasteiger partial charge in [-0.2, -0.15) is 0 Å². The first-order valence-corrected chi connectivity index (χ1v) is 8.72. The maximum absolute atomic E-state index is 12.0. The Kier molecular flexibility index (Phi) is 7.36. The number of carbonyl (C=O) groups is 2. The lowest BCUT2D eigenvalue weighted by molar-refractivity contribution is -0.142. The van der Waals surface area contributed by atoms with Gasteiger partial charge in [0.2, 0.25) is 5.91 Å². The van der Waals surface area contributed by atoms with Crippen molar-refractivity contribution >= 4 is 22.6 Å². The summed E-state index contributed by atoms with van der Waals surface area (Å²) in [5.41, 5.74) is 0.931. The van der Waals surface area contributed by atoms with Crippen LogP contribution in [0.4, 0.5) is 0 Å². The first-order valence-electron chi connectivity index (χ1n) is 8.72. The minimum absolute atomic E-state index is 0.0656. The average Bonchev–Trinajstić information content (AvgIpc) is 2.64. The Morgan fingerprint density at radius 3 is 2.65 bits per heavy atom. The number of ether oxygens (including phenoxy) is 1. The number of amides is 1. The molecule has 5 heteroatoms. The van der Waals surface area contributed by atoms with E-state index in [-0.39, 0.29) is 12.5 Å². The molecule has 0 aliphatic carbocycles. The SMILES string of the molecule is C=CCCOC(C)C(=O)NCC(Cc1ccc2ccccc2c1)C(=O)O. The molecule has 0 aromatic heterocycles. The number of carboxylic acids is 1. The average molecular weight is 355 g/mol. The molecule has 2 rings (SSSR count). The molecule has 2 aromatic rings. The molecule has 1 amide bonds. The minimum Gasteiger partial charge on any atom is -0.481 e. The summed E-state index contributed by atoms with van der Waals surface area (Å²) in [5, 5.41) is 14.3. The molecule has 2 unspecified atom stereocenters. The van der Waals surface area contributed by atoms with E-state index in [1.165, 1.54) is 0 Å². The van der Waals surface area contributed by atoms with Crippen LogP contribution in [-0.2, 0) is 20.7 Å². The molecule has 0 spiro atoms. The Bertz CT molecular complexity index is 771. The maximum atomic E-state index is 12.0. The summed E-state index contributed by atoms with van der Waals surface area (Å²) in [6.07, 6.45) is 2.11. The van der Waals surface area contributed by atoms with Crippen LogP contribution >= 0.6 is 0 Å². The van der Waals surface area contributed by atoms with Crippen molar-refractivity contribution in [1.82, 2.24) is 5.32 Å². The standard InChI is InChI=1S/C21H25NO4/c1-3-4-11-26-15(2)20(23)22-14-19(21(24)25)13-16-9-10-17-7-5-6-8-18(17)12-16/h3,5-10,12,15,19H,1,4,11,13-14H2,2H3,(H,22,23)(H,24,25). The van der Waals surface area contributed by atoms with Gasteiger partial charge >= 0.3 is 5.97 Å². The van der Waals surface area contributed by atoms with E-state index in [2.05, 4.69) is 11.9 Å². The summed E-state index contributed by atoms with van der Waals surface area (Å²) < 4.78 is 5.37. The number of carboxylic acid groups (broad SMARTS) is 1. The Labute approximate surface area is 153 Å². The second-order valence-electron chi connectivity index (χ2n) is 6.26. The van der Waals surface area contributed by atoms with Gasteiger partial charge in [0, 0.05) is 6.54 Å². The summed E-state index contributed by atoms with van der Waals surface area (Å²) in [7, 11) is 0. The zero-order chi connectivity index (χ0) is 18.9.